The molecule has 7 nitrogen and oxygen atoms in total. The van der Waals surface area contributed by atoms with Crippen molar-refractivity contribution in [3.8, 4) is 23.0 Å². The molecule has 2 heterocycles. The van der Waals surface area contributed by atoms with E-state index in [9.17, 15) is 0 Å². The molecule has 0 fully saturated rings. The third-order valence-electron chi connectivity index (χ3n) is 4.30. The summed E-state index contributed by atoms with van der Waals surface area (Å²) in [5, 5.41) is 27.2. The Morgan fingerprint density at radius 1 is 1.14 bits per heavy atom. The number of rotatable bonds is 5. The Hall–Kier alpha value is -3.44. The summed E-state index contributed by atoms with van der Waals surface area (Å²) in [4.78, 5) is 1.61. The third kappa shape index (κ3) is 3.66. The minimum Gasteiger partial charge on any atom is -0.312 e. The van der Waals surface area contributed by atoms with E-state index in [0.717, 1.165) is 27.7 Å². The number of nitriles is 1. The van der Waals surface area contributed by atoms with Crippen molar-refractivity contribution in [3.63, 3.8) is 0 Å². The van der Waals surface area contributed by atoms with Crippen LogP contribution in [0.25, 0.3) is 16.9 Å². The highest BCUT2D eigenvalue weighted by atomic mass is 32.2. The van der Waals surface area contributed by atoms with Crippen molar-refractivity contribution in [2.45, 2.75) is 17.3 Å². The van der Waals surface area contributed by atoms with Crippen LogP contribution in [0.15, 0.2) is 66.2 Å². The Balaban J connectivity index is 1.59. The highest BCUT2D eigenvalue weighted by molar-refractivity contribution is 7.99. The van der Waals surface area contributed by atoms with Gasteiger partial charge in [0, 0.05) is 17.9 Å². The van der Waals surface area contributed by atoms with E-state index in [0.29, 0.717) is 5.56 Å². The van der Waals surface area contributed by atoms with Gasteiger partial charge in [-0.3, -0.25) is 0 Å². The molecule has 0 aliphatic carbocycles. The molecule has 2 aromatic carbocycles. The van der Waals surface area contributed by atoms with Gasteiger partial charge in [0.25, 0.3) is 0 Å². The molecule has 0 radical (unpaired) electrons. The Kier molecular flexibility index (Phi) is 4.91. The largest absolute Gasteiger partial charge is 0.312 e. The summed E-state index contributed by atoms with van der Waals surface area (Å²) >= 11 is 1.65. The number of aromatic nitrogens is 6. The summed E-state index contributed by atoms with van der Waals surface area (Å²) in [5.41, 5.74) is 4.22. The zero-order chi connectivity index (χ0) is 19.5. The van der Waals surface area contributed by atoms with Crippen molar-refractivity contribution in [1.82, 2.24) is 29.8 Å². The fourth-order valence-electron chi connectivity index (χ4n) is 2.78. The lowest BCUT2D eigenvalue weighted by Crippen LogP contribution is -2.01. The molecule has 0 N–H and O–H groups in total. The third-order valence-corrected chi connectivity index (χ3v) is 5.51. The average molecular weight is 387 g/mol. The average Bonchev–Trinajstić information content (AvgIpc) is 3.38. The van der Waals surface area contributed by atoms with Crippen molar-refractivity contribution in [2.75, 3.05) is 0 Å². The fourth-order valence-corrected chi connectivity index (χ4v) is 3.68. The van der Waals surface area contributed by atoms with Gasteiger partial charge in [-0.25, -0.2) is 0 Å². The molecule has 28 heavy (non-hydrogen) atoms. The van der Waals surface area contributed by atoms with Gasteiger partial charge in [0.15, 0.2) is 5.16 Å². The topological polar surface area (TPSA) is 85.2 Å². The number of benzene rings is 2. The highest BCUT2D eigenvalue weighted by Crippen LogP contribution is 2.33. The molecule has 138 valence electrons. The van der Waals surface area contributed by atoms with Crippen molar-refractivity contribution < 1.29 is 0 Å². The first kappa shape index (κ1) is 17.9. The van der Waals surface area contributed by atoms with Gasteiger partial charge in [-0.2, -0.15) is 15.2 Å². The number of hydrogen-bond donors (Lipinski definition) is 0. The van der Waals surface area contributed by atoms with Crippen molar-refractivity contribution >= 4 is 11.8 Å². The van der Waals surface area contributed by atoms with E-state index in [4.69, 9.17) is 5.26 Å². The molecular weight excluding hydrogens is 370 g/mol. The van der Waals surface area contributed by atoms with Gasteiger partial charge in [-0.1, -0.05) is 36.0 Å². The van der Waals surface area contributed by atoms with E-state index in [1.54, 1.807) is 35.1 Å². The summed E-state index contributed by atoms with van der Waals surface area (Å²) in [6.07, 6.45) is 3.41. The maximum absolute atomic E-state index is 9.08. The molecule has 1 atom stereocenters. The van der Waals surface area contributed by atoms with E-state index in [-0.39, 0.29) is 5.25 Å². The zero-order valence-electron chi connectivity index (χ0n) is 15.4. The Labute approximate surface area is 166 Å². The van der Waals surface area contributed by atoms with Crippen LogP contribution < -0.4 is 0 Å². The minimum absolute atomic E-state index is 0.199. The fraction of sp³-hybridized carbons (Fsp3) is 0.150. The summed E-state index contributed by atoms with van der Waals surface area (Å²) in [6, 6.07) is 17.6. The minimum atomic E-state index is 0.199. The van der Waals surface area contributed by atoms with Gasteiger partial charge in [0.05, 0.1) is 23.5 Å². The molecule has 4 rings (SSSR count). The maximum atomic E-state index is 9.08. The Bertz CT molecular complexity index is 1160. The zero-order valence-corrected chi connectivity index (χ0v) is 16.2. The molecule has 0 aliphatic heterocycles. The molecule has 2 aromatic heterocycles. The van der Waals surface area contributed by atoms with Gasteiger partial charge in [0.2, 0.25) is 0 Å². The first-order valence-electron chi connectivity index (χ1n) is 8.68. The summed E-state index contributed by atoms with van der Waals surface area (Å²) in [7, 11) is 1.93. The molecule has 0 spiro atoms. The predicted octanol–water partition coefficient (Wildman–Crippen LogP) is 3.79. The molecule has 8 heteroatoms. The van der Waals surface area contributed by atoms with Crippen LogP contribution in [-0.2, 0) is 7.05 Å². The summed E-state index contributed by atoms with van der Waals surface area (Å²) < 4.78 is 1.90. The second-order valence-corrected chi connectivity index (χ2v) is 7.60. The van der Waals surface area contributed by atoms with Gasteiger partial charge in [-0.15, -0.1) is 15.3 Å². The van der Waals surface area contributed by atoms with Gasteiger partial charge < -0.3 is 4.57 Å². The monoisotopic (exact) mass is 387 g/mol. The van der Waals surface area contributed by atoms with Gasteiger partial charge >= 0.3 is 0 Å². The van der Waals surface area contributed by atoms with Crippen molar-refractivity contribution in [3.05, 3.63) is 72.2 Å². The van der Waals surface area contributed by atoms with Crippen LogP contribution in [0.5, 0.6) is 0 Å². The lowest BCUT2D eigenvalue weighted by atomic mass is 10.1. The molecule has 0 saturated heterocycles. The van der Waals surface area contributed by atoms with Crippen LogP contribution in [0.3, 0.4) is 0 Å². The first-order valence-corrected chi connectivity index (χ1v) is 9.56. The number of thioether (sulfide) groups is 1. The quantitative estimate of drug-likeness (QED) is 0.484. The highest BCUT2D eigenvalue weighted by Gasteiger charge is 2.13. The Morgan fingerprint density at radius 2 is 2.00 bits per heavy atom. The lowest BCUT2D eigenvalue weighted by Gasteiger charge is -2.12. The van der Waals surface area contributed by atoms with E-state index in [1.807, 2.05) is 41.9 Å². The summed E-state index contributed by atoms with van der Waals surface area (Å²) in [6.45, 7) is 2.13. The smallest absolute Gasteiger partial charge is 0.191 e. The standard InChI is InChI=1S/C20H17N7S/c1-14(28-20-24-22-13-26(20)2)16-6-4-8-18(10-16)27-23-12-19(25-27)17-7-3-5-15(9-17)11-21/h3-10,12-14H,1-2H3. The van der Waals surface area contributed by atoms with E-state index in [2.05, 4.69) is 45.5 Å². The number of hydrogen-bond acceptors (Lipinski definition) is 6. The maximum Gasteiger partial charge on any atom is 0.191 e. The molecule has 0 saturated carbocycles. The first-order chi connectivity index (χ1) is 13.6. The normalized spacial score (nSPS) is 11.9. The molecule has 0 aliphatic rings. The summed E-state index contributed by atoms with van der Waals surface area (Å²) in [5.74, 6) is 0. The van der Waals surface area contributed by atoms with Crippen molar-refractivity contribution in [1.29, 1.82) is 5.26 Å². The Morgan fingerprint density at radius 3 is 2.79 bits per heavy atom. The van der Waals surface area contributed by atoms with Crippen LogP contribution in [0.1, 0.15) is 23.3 Å². The molecule has 1 unspecified atom stereocenters. The second-order valence-electron chi connectivity index (χ2n) is 6.29. The molecule has 4 aromatic rings. The lowest BCUT2D eigenvalue weighted by molar-refractivity contribution is 0.752. The molecule has 0 bridgehead atoms. The van der Waals surface area contributed by atoms with E-state index in [1.165, 1.54) is 0 Å². The molecular formula is C20H17N7S. The van der Waals surface area contributed by atoms with E-state index < -0.39 is 0 Å². The van der Waals surface area contributed by atoms with Crippen LogP contribution in [0.2, 0.25) is 0 Å². The van der Waals surface area contributed by atoms with Crippen molar-refractivity contribution in [2.24, 2.45) is 7.05 Å². The number of aryl methyl sites for hydroxylation is 1. The van der Waals surface area contributed by atoms with Gasteiger partial charge in [0.1, 0.15) is 12.0 Å². The number of nitrogens with zero attached hydrogens (tertiary/aromatic N) is 7. The van der Waals surface area contributed by atoms with E-state index >= 15 is 0 Å². The van der Waals surface area contributed by atoms with Crippen LogP contribution in [-0.4, -0.2) is 29.8 Å². The molecule has 0 amide bonds. The van der Waals surface area contributed by atoms with Crippen LogP contribution in [0, 0.1) is 11.3 Å². The SMILES string of the molecule is CC(Sc1nncn1C)c1cccc(-n2ncc(-c3cccc(C#N)c3)n2)c1. The predicted molar refractivity (Wildman–Crippen MR) is 107 cm³/mol. The van der Waals surface area contributed by atoms with Crippen LogP contribution in [0.4, 0.5) is 0 Å². The van der Waals surface area contributed by atoms with Gasteiger partial charge in [-0.05, 0) is 36.8 Å². The van der Waals surface area contributed by atoms with Crippen LogP contribution >= 0.6 is 11.8 Å². The second kappa shape index (κ2) is 7.66.